The number of hydrogen-bond acceptors (Lipinski definition) is 8. The lowest BCUT2D eigenvalue weighted by atomic mass is 9.91. The highest BCUT2D eigenvalue weighted by atomic mass is 28.4. The van der Waals surface area contributed by atoms with Crippen molar-refractivity contribution in [3.05, 3.63) is 0 Å². The van der Waals surface area contributed by atoms with Gasteiger partial charge in [0.05, 0.1) is 37.9 Å². The molecule has 11 heteroatoms. The van der Waals surface area contributed by atoms with Crippen LogP contribution in [0.15, 0.2) is 0 Å². The number of aliphatic hydroxyl groups excluding tert-OH is 1. The third kappa shape index (κ3) is 8.88. The summed E-state index contributed by atoms with van der Waals surface area (Å²) in [5, 5.41) is 7.42. The average Bonchev–Trinajstić information content (AvgIpc) is 2.89. The molecule has 0 radical (unpaired) electrons. The zero-order valence-electron chi connectivity index (χ0n) is 24.7. The van der Waals surface area contributed by atoms with Gasteiger partial charge in [0.25, 0.3) is 0 Å². The second-order valence-electron chi connectivity index (χ2n) is 9.59. The van der Waals surface area contributed by atoms with Crippen molar-refractivity contribution >= 4 is 28.5 Å². The molecule has 0 spiro atoms. The van der Waals surface area contributed by atoms with E-state index < -0.39 is 53.1 Å². The molecule has 36 heavy (non-hydrogen) atoms. The predicted molar refractivity (Wildman–Crippen MR) is 145 cm³/mol. The minimum absolute atomic E-state index is 0.0341. The van der Waals surface area contributed by atoms with Crippen molar-refractivity contribution in [2.45, 2.75) is 129 Å². The van der Waals surface area contributed by atoms with Gasteiger partial charge in [0.2, 0.25) is 7.34 Å². The number of nitrogens with one attached hydrogen (secondary N) is 1. The fourth-order valence-corrected chi connectivity index (χ4v) is 10.9. The molecule has 1 fully saturated rings. The molecule has 1 rings (SSSR count). The van der Waals surface area contributed by atoms with E-state index in [1.807, 2.05) is 0 Å². The molecule has 1 amide bonds. The summed E-state index contributed by atoms with van der Waals surface area (Å²) in [6.07, 6.45) is -2.32. The first-order chi connectivity index (χ1) is 17.6. The molecule has 1 aliphatic heterocycles. The maximum absolute atomic E-state index is 12.6. The highest BCUT2D eigenvalue weighted by molar-refractivity contribution is 6.74. The molecule has 5 atom stereocenters. The lowest BCUT2D eigenvalue weighted by Crippen LogP contribution is -2.69. The Hall–Kier alpha value is -0.826. The standard InChI is InChI=1S/C25H51NO8Si2/c1-9-31-22(29)16-20-23(26-19(8)28)25(34-36(13-5,14-6)15-7)24(21(32-20)17-30-18-27)33-35(10-2,11-3)12-4/h20-21,23-25,27H,9-18H2,1-8H3,(H,26,28)/t20-,21+,23-,24+,25+/m0/s1/i27T. The van der Waals surface area contributed by atoms with Crippen LogP contribution in [0.1, 0.15) is 61.8 Å². The monoisotopic (exact) mass is 551 g/mol. The molecule has 0 aromatic heterocycles. The molecule has 2 N–H and O–H groups in total. The van der Waals surface area contributed by atoms with E-state index in [0.29, 0.717) is 0 Å². The molecule has 9 nitrogen and oxygen atoms in total. The Labute approximate surface area is 221 Å². The molecule has 0 aromatic rings. The van der Waals surface area contributed by atoms with Gasteiger partial charge in [-0.1, -0.05) is 41.5 Å². The topological polar surface area (TPSA) is 113 Å². The Balaban J connectivity index is 3.66. The summed E-state index contributed by atoms with van der Waals surface area (Å²) in [4.78, 5) is 25.0. The van der Waals surface area contributed by atoms with Crippen LogP contribution in [0.2, 0.25) is 36.3 Å². The lowest BCUT2D eigenvalue weighted by Gasteiger charge is -2.51. The zero-order chi connectivity index (χ0) is 28.1. The fourth-order valence-electron chi connectivity index (χ4n) is 5.14. The van der Waals surface area contributed by atoms with E-state index in [2.05, 4.69) is 52.0 Å². The van der Waals surface area contributed by atoms with Crippen LogP contribution in [0.4, 0.5) is 0 Å². The molecule has 0 aliphatic carbocycles. The summed E-state index contributed by atoms with van der Waals surface area (Å²) < 4.78 is 38.5. The molecular weight excluding hydrogens is 498 g/mol. The number of rotatable bonds is 18. The summed E-state index contributed by atoms with van der Waals surface area (Å²) in [5.74, 6) is -0.631. The van der Waals surface area contributed by atoms with Crippen molar-refractivity contribution in [3.63, 3.8) is 0 Å². The third-order valence-electron chi connectivity index (χ3n) is 7.84. The molecule has 0 saturated carbocycles. The maximum Gasteiger partial charge on any atom is 0.308 e. The van der Waals surface area contributed by atoms with Gasteiger partial charge >= 0.3 is 5.97 Å². The van der Waals surface area contributed by atoms with E-state index >= 15 is 0 Å². The quantitative estimate of drug-likeness (QED) is 0.114. The van der Waals surface area contributed by atoms with Crippen LogP contribution >= 0.6 is 0 Å². The molecule has 1 saturated heterocycles. The summed E-state index contributed by atoms with van der Waals surface area (Å²) >= 11 is 0. The Bertz CT molecular complexity index is 665. The predicted octanol–water partition coefficient (Wildman–Crippen LogP) is 3.96. The van der Waals surface area contributed by atoms with Crippen LogP contribution in [0.25, 0.3) is 0 Å². The minimum atomic E-state index is -2.18. The van der Waals surface area contributed by atoms with Crippen molar-refractivity contribution in [2.24, 2.45) is 0 Å². The molecule has 0 aromatic carbocycles. The number of esters is 1. The van der Waals surface area contributed by atoms with Crippen LogP contribution in [-0.4, -0.2) is 85.5 Å². The van der Waals surface area contributed by atoms with Crippen molar-refractivity contribution < 1.29 is 37.8 Å². The van der Waals surface area contributed by atoms with Gasteiger partial charge in [0.1, 0.15) is 19.0 Å². The number of carbonyl (C=O) groups excluding carboxylic acids is 2. The molecule has 0 unspecified atom stereocenters. The van der Waals surface area contributed by atoms with Crippen LogP contribution in [0.5, 0.6) is 0 Å². The van der Waals surface area contributed by atoms with Gasteiger partial charge in [-0.15, -0.1) is 0 Å². The largest absolute Gasteiger partial charge is 0.466 e. The van der Waals surface area contributed by atoms with Crippen molar-refractivity contribution in [1.29, 1.82) is 1.43 Å². The van der Waals surface area contributed by atoms with Crippen LogP contribution in [0, 0.1) is 0 Å². The van der Waals surface area contributed by atoms with E-state index in [1.165, 1.54) is 6.92 Å². The normalized spacial score (nSPS) is 25.3. The summed E-state index contributed by atoms with van der Waals surface area (Å²) in [6, 6.07) is 4.97. The second-order valence-corrected chi connectivity index (χ2v) is 19.0. The summed E-state index contributed by atoms with van der Waals surface area (Å²) in [6.45, 7) is 16.3. The number of amides is 1. The van der Waals surface area contributed by atoms with E-state index in [1.54, 1.807) is 6.92 Å². The minimum Gasteiger partial charge on any atom is -0.466 e. The maximum atomic E-state index is 12.6. The van der Waals surface area contributed by atoms with E-state index in [9.17, 15) is 9.59 Å². The average molecular weight is 552 g/mol. The number of aliphatic hydroxyl groups is 1. The van der Waals surface area contributed by atoms with Gasteiger partial charge < -0.3 is 33.5 Å². The van der Waals surface area contributed by atoms with Gasteiger partial charge in [0, 0.05) is 6.92 Å². The first-order valence-corrected chi connectivity index (χ1v) is 18.8. The van der Waals surface area contributed by atoms with Gasteiger partial charge in [-0.3, -0.25) is 9.59 Å². The first kappa shape index (κ1) is 31.4. The van der Waals surface area contributed by atoms with Crippen molar-refractivity contribution in [2.75, 3.05) is 20.0 Å². The van der Waals surface area contributed by atoms with Crippen molar-refractivity contribution in [3.8, 4) is 0 Å². The van der Waals surface area contributed by atoms with Crippen LogP contribution < -0.4 is 5.32 Å². The van der Waals surface area contributed by atoms with E-state index in [4.69, 9.17) is 24.5 Å². The highest BCUT2D eigenvalue weighted by Gasteiger charge is 2.52. The van der Waals surface area contributed by atoms with Crippen LogP contribution in [0.3, 0.4) is 0 Å². The molecule has 1 aliphatic rings. The van der Waals surface area contributed by atoms with Gasteiger partial charge in [-0.05, 0) is 43.2 Å². The van der Waals surface area contributed by atoms with Gasteiger partial charge in [0.15, 0.2) is 16.6 Å². The van der Waals surface area contributed by atoms with Crippen LogP contribution in [-0.2, 0) is 32.7 Å². The van der Waals surface area contributed by atoms with E-state index in [-0.39, 0.29) is 32.3 Å². The molecular formula is C25H51NO8Si2. The molecule has 1 heterocycles. The second kappa shape index (κ2) is 16.2. The summed E-state index contributed by atoms with van der Waals surface area (Å²) in [7, 11) is -4.33. The van der Waals surface area contributed by atoms with E-state index in [0.717, 1.165) is 36.3 Å². The Morgan fingerprint density at radius 3 is 1.86 bits per heavy atom. The number of ether oxygens (including phenoxy) is 3. The van der Waals surface area contributed by atoms with Gasteiger partial charge in [-0.25, -0.2) is 0 Å². The van der Waals surface area contributed by atoms with Gasteiger partial charge in [-0.2, -0.15) is 0 Å². The van der Waals surface area contributed by atoms with Crippen molar-refractivity contribution in [1.82, 2.24) is 5.32 Å². The number of hydrogen-bond donors (Lipinski definition) is 2. The summed E-state index contributed by atoms with van der Waals surface area (Å²) in [5.41, 5.74) is 0. The SMILES string of the molecule is [3H]OCOC[C@H]1O[C@@H](CC(=O)OCC)[C@H](NC(C)=O)[C@@H](O[Si](CC)(CC)CC)[C@@H]1O[Si](CC)(CC)CC. The molecule has 0 bridgehead atoms. The molecule has 212 valence electrons. The number of carbonyl (C=O) groups is 2. The smallest absolute Gasteiger partial charge is 0.308 e. The Morgan fingerprint density at radius 1 is 0.889 bits per heavy atom. The zero-order valence-corrected chi connectivity index (χ0v) is 25.7. The highest BCUT2D eigenvalue weighted by Crippen LogP contribution is 2.36. The third-order valence-corrected chi connectivity index (χ3v) is 17.1. The fraction of sp³-hybridized carbons (Fsp3) is 0.920. The Morgan fingerprint density at radius 2 is 1.42 bits per heavy atom. The Kier molecular flexibility index (Phi) is 14.1. The first-order valence-electron chi connectivity index (χ1n) is 14.1. The lowest BCUT2D eigenvalue weighted by molar-refractivity contribution is -0.202.